The molecule has 0 saturated heterocycles. The van der Waals surface area contributed by atoms with Gasteiger partial charge in [-0.15, -0.1) is 0 Å². The maximum Gasteiger partial charge on any atom is 0.407 e. The van der Waals surface area contributed by atoms with Gasteiger partial charge in [-0.3, -0.25) is 4.79 Å². The minimum absolute atomic E-state index is 0.00446. The number of aliphatic imine (C=N–C) groups is 1. The molecule has 1 saturated carbocycles. The van der Waals surface area contributed by atoms with E-state index < -0.39 is 17.8 Å². The highest BCUT2D eigenvalue weighted by Crippen LogP contribution is 2.46. The Bertz CT molecular complexity index is 567. The molecule has 8 heteroatoms. The molecule has 0 bridgehead atoms. The highest BCUT2D eigenvalue weighted by Gasteiger charge is 2.41. The molecule has 2 unspecified atom stereocenters. The Balaban J connectivity index is 2.41. The van der Waals surface area contributed by atoms with Crippen molar-refractivity contribution in [1.82, 2.24) is 5.32 Å². The van der Waals surface area contributed by atoms with Gasteiger partial charge >= 0.3 is 12.1 Å². The van der Waals surface area contributed by atoms with Crippen LogP contribution in [0, 0.1) is 10.8 Å². The van der Waals surface area contributed by atoms with Gasteiger partial charge in [-0.1, -0.05) is 20.8 Å². The Kier molecular flexibility index (Phi) is 7.30. The first kappa shape index (κ1) is 20.8. The van der Waals surface area contributed by atoms with Crippen LogP contribution in [0.4, 0.5) is 4.79 Å². The third-order valence-electron chi connectivity index (χ3n) is 4.15. The predicted molar refractivity (Wildman–Crippen MR) is 88.6 cm³/mol. The zero-order valence-corrected chi connectivity index (χ0v) is 15.2. The van der Waals surface area contributed by atoms with Gasteiger partial charge < -0.3 is 14.8 Å². The first-order valence-electron chi connectivity index (χ1n) is 8.22. The van der Waals surface area contributed by atoms with Gasteiger partial charge in [0, 0.05) is 13.5 Å². The number of alkyl carbamates (subject to hydrolysis) is 1. The van der Waals surface area contributed by atoms with Crippen molar-refractivity contribution in [3.8, 4) is 0 Å². The number of Topliss-reactive ketones (excluding diaryl/α,β-unsaturated/α-hetero) is 1. The predicted octanol–water partition coefficient (Wildman–Crippen LogP) is 1.77. The van der Waals surface area contributed by atoms with E-state index in [0.29, 0.717) is 13.0 Å². The summed E-state index contributed by atoms with van der Waals surface area (Å²) in [7, 11) is 0. The maximum absolute atomic E-state index is 11.7. The summed E-state index contributed by atoms with van der Waals surface area (Å²) in [5.41, 5.74) is -0.211. The number of carbonyl (C=O) groups is 3. The van der Waals surface area contributed by atoms with Crippen LogP contribution in [-0.4, -0.2) is 49.7 Å². The summed E-state index contributed by atoms with van der Waals surface area (Å²) < 4.78 is 9.50. The van der Waals surface area contributed by atoms with Crippen LogP contribution in [-0.2, 0) is 23.9 Å². The summed E-state index contributed by atoms with van der Waals surface area (Å²) in [4.78, 5) is 47.8. The summed E-state index contributed by atoms with van der Waals surface area (Å²) >= 11 is 0. The number of hydrogen-bond donors (Lipinski definition) is 1. The van der Waals surface area contributed by atoms with Gasteiger partial charge in [-0.2, -0.15) is 0 Å². The Labute approximate surface area is 147 Å². The van der Waals surface area contributed by atoms with E-state index in [0.717, 1.165) is 19.8 Å². The van der Waals surface area contributed by atoms with Crippen LogP contribution in [0.1, 0.15) is 47.0 Å². The van der Waals surface area contributed by atoms with Gasteiger partial charge in [0.2, 0.25) is 11.9 Å². The third-order valence-corrected chi connectivity index (χ3v) is 4.15. The number of ether oxygens (including phenoxy) is 2. The molecule has 0 heterocycles. The van der Waals surface area contributed by atoms with Crippen molar-refractivity contribution >= 4 is 23.9 Å². The lowest BCUT2D eigenvalue weighted by Gasteiger charge is -2.45. The van der Waals surface area contributed by atoms with Crippen LogP contribution in [0.5, 0.6) is 0 Å². The lowest BCUT2D eigenvalue weighted by molar-refractivity contribution is -0.153. The number of amides is 1. The van der Waals surface area contributed by atoms with E-state index in [9.17, 15) is 19.2 Å². The molecule has 1 aliphatic carbocycles. The molecule has 1 fully saturated rings. The Morgan fingerprint density at radius 1 is 1.16 bits per heavy atom. The van der Waals surface area contributed by atoms with E-state index in [1.54, 1.807) is 6.08 Å². The van der Waals surface area contributed by atoms with Crippen molar-refractivity contribution in [1.29, 1.82) is 0 Å². The number of isocyanates is 1. The molecule has 2 atom stereocenters. The highest BCUT2D eigenvalue weighted by molar-refractivity contribution is 6.32. The summed E-state index contributed by atoms with van der Waals surface area (Å²) in [6.07, 6.45) is 3.37. The number of ketones is 1. The fourth-order valence-corrected chi connectivity index (χ4v) is 3.59. The van der Waals surface area contributed by atoms with Gasteiger partial charge in [-0.25, -0.2) is 19.4 Å². The summed E-state index contributed by atoms with van der Waals surface area (Å²) in [6, 6.07) is -0.102. The molecule has 0 aromatic carbocycles. The van der Waals surface area contributed by atoms with E-state index in [4.69, 9.17) is 4.74 Å². The standard InChI is InChI=1S/C17H26N2O6/c1-12(21)14(22)24-5-6-25-15(23)18-10-17(4)8-13(19-11-20)7-16(2,3)9-17/h13H,5-10H2,1-4H3,(H,18,23). The van der Waals surface area contributed by atoms with Crippen molar-refractivity contribution in [2.45, 2.75) is 53.0 Å². The monoisotopic (exact) mass is 354 g/mol. The molecule has 1 rings (SSSR count). The van der Waals surface area contributed by atoms with E-state index in [-0.39, 0.29) is 30.1 Å². The van der Waals surface area contributed by atoms with Crippen LogP contribution in [0.25, 0.3) is 0 Å². The second-order valence-electron chi connectivity index (χ2n) is 7.62. The second kappa shape index (κ2) is 8.76. The minimum atomic E-state index is -0.956. The molecule has 25 heavy (non-hydrogen) atoms. The van der Waals surface area contributed by atoms with E-state index in [1.807, 2.05) is 6.92 Å². The molecule has 1 aliphatic rings. The maximum atomic E-state index is 11.7. The number of rotatable bonds is 7. The smallest absolute Gasteiger partial charge is 0.407 e. The highest BCUT2D eigenvalue weighted by atomic mass is 16.6. The van der Waals surface area contributed by atoms with E-state index in [1.165, 1.54) is 0 Å². The summed E-state index contributed by atoms with van der Waals surface area (Å²) in [5.74, 6) is -1.66. The summed E-state index contributed by atoms with van der Waals surface area (Å²) in [6.45, 7) is 7.43. The van der Waals surface area contributed by atoms with Crippen molar-refractivity contribution in [3.63, 3.8) is 0 Å². The minimum Gasteiger partial charge on any atom is -0.456 e. The lowest BCUT2D eigenvalue weighted by Crippen LogP contribution is -2.45. The van der Waals surface area contributed by atoms with E-state index >= 15 is 0 Å². The molecular formula is C17H26N2O6. The number of nitrogens with one attached hydrogen (secondary N) is 1. The quantitative estimate of drug-likeness (QED) is 0.245. The van der Waals surface area contributed by atoms with Crippen LogP contribution in [0.3, 0.4) is 0 Å². The van der Waals surface area contributed by atoms with Crippen molar-refractivity contribution in [2.75, 3.05) is 19.8 Å². The molecule has 0 aliphatic heterocycles. The number of carbonyl (C=O) groups excluding carboxylic acids is 4. The Morgan fingerprint density at radius 2 is 1.80 bits per heavy atom. The van der Waals surface area contributed by atoms with Crippen molar-refractivity contribution in [2.24, 2.45) is 15.8 Å². The van der Waals surface area contributed by atoms with Gasteiger partial charge in [0.25, 0.3) is 0 Å². The molecular weight excluding hydrogens is 328 g/mol. The Morgan fingerprint density at radius 3 is 2.40 bits per heavy atom. The normalized spacial score (nSPS) is 24.6. The third kappa shape index (κ3) is 7.47. The van der Waals surface area contributed by atoms with Crippen LogP contribution in [0.15, 0.2) is 4.99 Å². The number of esters is 1. The van der Waals surface area contributed by atoms with Gasteiger partial charge in [0.15, 0.2) is 0 Å². The van der Waals surface area contributed by atoms with E-state index in [2.05, 4.69) is 28.9 Å². The molecule has 1 amide bonds. The SMILES string of the molecule is CC(=O)C(=O)OCCOC(=O)NCC1(C)CC(N=C=O)CC(C)(C)C1. The first-order valence-corrected chi connectivity index (χ1v) is 8.22. The fraction of sp³-hybridized carbons (Fsp3) is 0.765. The van der Waals surface area contributed by atoms with Crippen LogP contribution >= 0.6 is 0 Å². The first-order chi connectivity index (χ1) is 11.6. The average Bonchev–Trinajstić information content (AvgIpc) is 2.47. The molecule has 0 radical (unpaired) electrons. The van der Waals surface area contributed by atoms with Gasteiger partial charge in [0.05, 0.1) is 6.04 Å². The Hall–Kier alpha value is -2.21. The van der Waals surface area contributed by atoms with Crippen LogP contribution in [0.2, 0.25) is 0 Å². The number of nitrogens with zero attached hydrogens (tertiary/aromatic N) is 1. The lowest BCUT2D eigenvalue weighted by atomic mass is 9.63. The molecule has 0 aromatic rings. The fourth-order valence-electron chi connectivity index (χ4n) is 3.59. The average molecular weight is 354 g/mol. The molecule has 0 aromatic heterocycles. The van der Waals surface area contributed by atoms with Gasteiger partial charge in [-0.05, 0) is 30.1 Å². The topological polar surface area (TPSA) is 111 Å². The second-order valence-corrected chi connectivity index (χ2v) is 7.62. The zero-order chi connectivity index (χ0) is 19.1. The summed E-state index contributed by atoms with van der Waals surface area (Å²) in [5, 5.41) is 2.70. The largest absolute Gasteiger partial charge is 0.456 e. The molecule has 140 valence electrons. The number of hydrogen-bond acceptors (Lipinski definition) is 7. The zero-order valence-electron chi connectivity index (χ0n) is 15.2. The van der Waals surface area contributed by atoms with Crippen LogP contribution < -0.4 is 5.32 Å². The molecule has 0 spiro atoms. The molecule has 1 N–H and O–H groups in total. The molecule has 8 nitrogen and oxygen atoms in total. The van der Waals surface area contributed by atoms with Gasteiger partial charge in [0.1, 0.15) is 13.2 Å². The van der Waals surface area contributed by atoms with Crippen molar-refractivity contribution in [3.05, 3.63) is 0 Å². The van der Waals surface area contributed by atoms with Crippen molar-refractivity contribution < 1.29 is 28.7 Å².